The maximum atomic E-state index is 12.5. The molecular weight excluding hydrogens is 410 g/mol. The number of ketones is 1. The van der Waals surface area contributed by atoms with Crippen LogP contribution in [-0.4, -0.2) is 10.7 Å². The summed E-state index contributed by atoms with van der Waals surface area (Å²) < 4.78 is 0. The number of rotatable bonds is 7. The van der Waals surface area contributed by atoms with Crippen molar-refractivity contribution in [2.75, 3.05) is 0 Å². The first-order valence-electron chi connectivity index (χ1n) is 9.93. The van der Waals surface area contributed by atoms with Gasteiger partial charge in [-0.15, -0.1) is 11.8 Å². The van der Waals surface area contributed by atoms with Gasteiger partial charge < -0.3 is 5.32 Å². The number of aryl methyl sites for hydroxylation is 1. The summed E-state index contributed by atoms with van der Waals surface area (Å²) in [5.74, 6) is -0.0633. The normalized spacial score (nSPS) is 16.0. The molecule has 3 rings (SSSR count). The maximum absolute atomic E-state index is 12.5. The number of nitrogens with zero attached hydrogens (tertiary/aromatic N) is 2. The van der Waals surface area contributed by atoms with Gasteiger partial charge >= 0.3 is 0 Å². The standard InChI is InChI=1S/C24H23N3O3S/c1-4-17-8-10-19(11-9-17)23-21(13-25)24(26-15(2)22(23)16(3)28)31-14-18-6-5-7-20(12-18)27(29)30/h5-12,23,26H,4,14H2,1-3H3. The number of dihydropyridines is 1. The van der Waals surface area contributed by atoms with Gasteiger partial charge in [0.2, 0.25) is 0 Å². The average Bonchev–Trinajstić information content (AvgIpc) is 2.77. The van der Waals surface area contributed by atoms with E-state index < -0.39 is 10.8 Å². The second-order valence-electron chi connectivity index (χ2n) is 7.32. The molecule has 1 aliphatic heterocycles. The molecule has 2 aromatic carbocycles. The third-order valence-corrected chi connectivity index (χ3v) is 6.34. The summed E-state index contributed by atoms with van der Waals surface area (Å²) in [6.45, 7) is 5.43. The first kappa shape index (κ1) is 22.3. The Hall–Kier alpha value is -3.37. The molecule has 158 valence electrons. The first-order valence-corrected chi connectivity index (χ1v) is 10.9. The highest BCUT2D eigenvalue weighted by Gasteiger charge is 2.33. The molecule has 0 amide bonds. The number of nitriles is 1. The molecule has 1 aliphatic rings. The van der Waals surface area contributed by atoms with Crippen LogP contribution in [-0.2, 0) is 17.0 Å². The Morgan fingerprint density at radius 3 is 2.52 bits per heavy atom. The van der Waals surface area contributed by atoms with Crippen molar-refractivity contribution in [3.05, 3.63) is 97.2 Å². The molecule has 1 unspecified atom stereocenters. The van der Waals surface area contributed by atoms with E-state index in [1.165, 1.54) is 36.4 Å². The lowest BCUT2D eigenvalue weighted by Gasteiger charge is -2.29. The van der Waals surface area contributed by atoms with Gasteiger partial charge in [-0.05, 0) is 37.0 Å². The molecule has 0 bridgehead atoms. The number of non-ortho nitro benzene ring substituents is 1. The van der Waals surface area contributed by atoms with Gasteiger partial charge in [0.25, 0.3) is 5.69 Å². The fourth-order valence-corrected chi connectivity index (χ4v) is 4.72. The summed E-state index contributed by atoms with van der Waals surface area (Å²) in [6.07, 6.45) is 0.909. The van der Waals surface area contributed by atoms with E-state index in [4.69, 9.17) is 0 Å². The van der Waals surface area contributed by atoms with Crippen LogP contribution in [0.15, 0.2) is 70.4 Å². The van der Waals surface area contributed by atoms with E-state index in [1.807, 2.05) is 37.3 Å². The minimum absolute atomic E-state index is 0.0352. The number of nitro benzene ring substituents is 1. The third kappa shape index (κ3) is 4.86. The van der Waals surface area contributed by atoms with Crippen molar-refractivity contribution in [1.29, 1.82) is 5.26 Å². The molecule has 2 aromatic rings. The Labute approximate surface area is 185 Å². The predicted octanol–water partition coefficient (Wildman–Crippen LogP) is 5.38. The van der Waals surface area contributed by atoms with Gasteiger partial charge in [0.1, 0.15) is 0 Å². The molecule has 0 radical (unpaired) electrons. The lowest BCUT2D eigenvalue weighted by Crippen LogP contribution is -2.27. The highest BCUT2D eigenvalue weighted by molar-refractivity contribution is 8.02. The second-order valence-corrected chi connectivity index (χ2v) is 8.30. The van der Waals surface area contributed by atoms with Crippen LogP contribution < -0.4 is 5.32 Å². The zero-order valence-corrected chi connectivity index (χ0v) is 18.5. The van der Waals surface area contributed by atoms with Crippen LogP contribution in [0.1, 0.15) is 43.4 Å². The minimum atomic E-state index is -0.442. The van der Waals surface area contributed by atoms with E-state index in [-0.39, 0.29) is 11.5 Å². The van der Waals surface area contributed by atoms with Gasteiger partial charge in [0, 0.05) is 29.2 Å². The molecule has 0 saturated carbocycles. The van der Waals surface area contributed by atoms with Crippen molar-refractivity contribution in [2.24, 2.45) is 0 Å². The Bertz CT molecular complexity index is 1130. The highest BCUT2D eigenvalue weighted by atomic mass is 32.2. The van der Waals surface area contributed by atoms with E-state index in [2.05, 4.69) is 18.3 Å². The number of carbonyl (C=O) groups excluding carboxylic acids is 1. The van der Waals surface area contributed by atoms with Gasteiger partial charge in [-0.1, -0.05) is 43.3 Å². The minimum Gasteiger partial charge on any atom is -0.353 e. The number of benzene rings is 2. The molecule has 1 N–H and O–H groups in total. The smallest absolute Gasteiger partial charge is 0.269 e. The Kier molecular flexibility index (Phi) is 6.93. The predicted molar refractivity (Wildman–Crippen MR) is 122 cm³/mol. The quantitative estimate of drug-likeness (QED) is 0.465. The average molecular weight is 434 g/mol. The fourth-order valence-electron chi connectivity index (χ4n) is 3.69. The number of thioether (sulfide) groups is 1. The molecule has 31 heavy (non-hydrogen) atoms. The molecule has 1 heterocycles. The zero-order valence-electron chi connectivity index (χ0n) is 17.6. The third-order valence-electron chi connectivity index (χ3n) is 5.25. The largest absolute Gasteiger partial charge is 0.353 e. The van der Waals surface area contributed by atoms with Crippen LogP contribution in [0.3, 0.4) is 0 Å². The molecule has 0 spiro atoms. The Morgan fingerprint density at radius 2 is 1.94 bits per heavy atom. The molecule has 6 nitrogen and oxygen atoms in total. The van der Waals surface area contributed by atoms with E-state index in [1.54, 1.807) is 6.07 Å². The molecular formula is C24H23N3O3S. The van der Waals surface area contributed by atoms with Crippen LogP contribution in [0.5, 0.6) is 0 Å². The highest BCUT2D eigenvalue weighted by Crippen LogP contribution is 2.41. The fraction of sp³-hybridized carbons (Fsp3) is 0.250. The van der Waals surface area contributed by atoms with Crippen molar-refractivity contribution in [2.45, 2.75) is 38.9 Å². The summed E-state index contributed by atoms with van der Waals surface area (Å²) in [4.78, 5) is 23.1. The van der Waals surface area contributed by atoms with Gasteiger partial charge in [0.15, 0.2) is 5.78 Å². The summed E-state index contributed by atoms with van der Waals surface area (Å²) in [6, 6.07) is 16.8. The SMILES string of the molecule is CCc1ccc(C2C(C#N)=C(SCc3cccc([N+](=O)[O-])c3)NC(C)=C2C(C)=O)cc1. The van der Waals surface area contributed by atoms with Crippen LogP contribution in [0.25, 0.3) is 0 Å². The summed E-state index contributed by atoms with van der Waals surface area (Å²) in [5.41, 5.74) is 4.69. The zero-order chi connectivity index (χ0) is 22.5. The number of nitrogens with one attached hydrogen (secondary N) is 1. The van der Waals surface area contributed by atoms with E-state index in [0.717, 1.165) is 23.2 Å². The molecule has 0 saturated heterocycles. The van der Waals surface area contributed by atoms with Crippen molar-refractivity contribution >= 4 is 23.2 Å². The topological polar surface area (TPSA) is 96.0 Å². The van der Waals surface area contributed by atoms with Crippen molar-refractivity contribution in [1.82, 2.24) is 5.32 Å². The van der Waals surface area contributed by atoms with Gasteiger partial charge in [-0.3, -0.25) is 14.9 Å². The van der Waals surface area contributed by atoms with E-state index in [9.17, 15) is 20.2 Å². The van der Waals surface area contributed by atoms with Crippen LogP contribution in [0.2, 0.25) is 0 Å². The van der Waals surface area contributed by atoms with Crippen LogP contribution in [0, 0.1) is 21.4 Å². The molecule has 7 heteroatoms. The maximum Gasteiger partial charge on any atom is 0.269 e. The lowest BCUT2D eigenvalue weighted by molar-refractivity contribution is -0.384. The first-order chi connectivity index (χ1) is 14.8. The number of hydrogen-bond donors (Lipinski definition) is 1. The molecule has 1 atom stereocenters. The van der Waals surface area contributed by atoms with E-state index in [0.29, 0.717) is 21.9 Å². The van der Waals surface area contributed by atoms with Crippen LogP contribution >= 0.6 is 11.8 Å². The van der Waals surface area contributed by atoms with Crippen molar-refractivity contribution in [3.8, 4) is 6.07 Å². The van der Waals surface area contributed by atoms with Gasteiger partial charge in [0.05, 0.1) is 27.5 Å². The Balaban J connectivity index is 1.98. The number of carbonyl (C=O) groups is 1. The summed E-state index contributed by atoms with van der Waals surface area (Å²) in [5, 5.41) is 24.9. The van der Waals surface area contributed by atoms with Crippen molar-refractivity contribution < 1.29 is 9.72 Å². The van der Waals surface area contributed by atoms with Crippen molar-refractivity contribution in [3.63, 3.8) is 0 Å². The summed E-state index contributed by atoms with van der Waals surface area (Å²) >= 11 is 1.41. The summed E-state index contributed by atoms with van der Waals surface area (Å²) in [7, 11) is 0. The molecule has 0 aliphatic carbocycles. The number of allylic oxidation sites excluding steroid dienone is 3. The number of hydrogen-bond acceptors (Lipinski definition) is 6. The number of Topliss-reactive ketones (excluding diaryl/α,β-unsaturated/α-hetero) is 1. The number of nitro groups is 1. The van der Waals surface area contributed by atoms with Gasteiger partial charge in [-0.2, -0.15) is 5.26 Å². The van der Waals surface area contributed by atoms with E-state index >= 15 is 0 Å². The lowest BCUT2D eigenvalue weighted by atomic mass is 9.81. The van der Waals surface area contributed by atoms with Crippen LogP contribution in [0.4, 0.5) is 5.69 Å². The second kappa shape index (κ2) is 9.63. The monoisotopic (exact) mass is 433 g/mol. The molecule has 0 fully saturated rings. The molecule has 0 aromatic heterocycles. The van der Waals surface area contributed by atoms with Gasteiger partial charge in [-0.25, -0.2) is 0 Å². The Morgan fingerprint density at radius 1 is 1.23 bits per heavy atom.